The highest BCUT2D eigenvalue weighted by molar-refractivity contribution is 7.85. The van der Waals surface area contributed by atoms with Crippen LogP contribution >= 0.6 is 0 Å². The van der Waals surface area contributed by atoms with E-state index in [1.54, 1.807) is 0 Å². The molecular formula is C10H12N2O5S. The van der Waals surface area contributed by atoms with Gasteiger partial charge in [0, 0.05) is 19.2 Å². The number of rotatable bonds is 3. The summed E-state index contributed by atoms with van der Waals surface area (Å²) < 4.78 is 30.8. The normalized spacial score (nSPS) is 15.9. The zero-order valence-corrected chi connectivity index (χ0v) is 10.3. The first-order chi connectivity index (χ1) is 8.39. The maximum atomic E-state index is 11.0. The van der Waals surface area contributed by atoms with Crippen LogP contribution in [0.25, 0.3) is 0 Å². The van der Waals surface area contributed by atoms with Crippen molar-refractivity contribution in [1.29, 1.82) is 0 Å². The first-order valence-electron chi connectivity index (χ1n) is 5.40. The second kappa shape index (κ2) is 4.54. The number of benzene rings is 1. The van der Waals surface area contributed by atoms with Crippen molar-refractivity contribution in [3.8, 4) is 0 Å². The van der Waals surface area contributed by atoms with Crippen molar-refractivity contribution in [2.75, 3.05) is 18.0 Å². The summed E-state index contributed by atoms with van der Waals surface area (Å²) in [5.74, 6) is 0. The Labute approximate surface area is 104 Å². The third kappa shape index (κ3) is 2.44. The molecule has 0 bridgehead atoms. The van der Waals surface area contributed by atoms with Crippen LogP contribution in [-0.2, 0) is 10.1 Å². The molecule has 1 heterocycles. The van der Waals surface area contributed by atoms with E-state index in [0.29, 0.717) is 18.8 Å². The zero-order chi connectivity index (χ0) is 13.3. The molecule has 1 fully saturated rings. The molecule has 1 N–H and O–H groups in total. The topological polar surface area (TPSA) is 101 Å². The Kier molecular flexibility index (Phi) is 3.22. The van der Waals surface area contributed by atoms with Crippen molar-refractivity contribution in [3.05, 3.63) is 28.3 Å². The lowest BCUT2D eigenvalue weighted by atomic mass is 10.2. The van der Waals surface area contributed by atoms with Gasteiger partial charge >= 0.3 is 0 Å². The number of nitrogens with zero attached hydrogens (tertiary/aromatic N) is 2. The minimum atomic E-state index is -4.42. The van der Waals surface area contributed by atoms with Gasteiger partial charge in [0.25, 0.3) is 15.8 Å². The fraction of sp³-hybridized carbons (Fsp3) is 0.400. The average molecular weight is 272 g/mol. The molecule has 1 aliphatic rings. The van der Waals surface area contributed by atoms with Gasteiger partial charge in [0.05, 0.1) is 4.92 Å². The maximum absolute atomic E-state index is 11.0. The van der Waals surface area contributed by atoms with Crippen LogP contribution in [0.2, 0.25) is 0 Å². The van der Waals surface area contributed by atoms with Crippen LogP contribution in [0, 0.1) is 10.1 Å². The lowest BCUT2D eigenvalue weighted by Gasteiger charge is -2.17. The van der Waals surface area contributed by atoms with Crippen molar-refractivity contribution < 1.29 is 17.9 Å². The molecule has 8 heteroatoms. The zero-order valence-electron chi connectivity index (χ0n) is 9.44. The van der Waals surface area contributed by atoms with Crippen LogP contribution in [0.5, 0.6) is 0 Å². The molecular weight excluding hydrogens is 260 g/mol. The van der Waals surface area contributed by atoms with E-state index >= 15 is 0 Å². The molecule has 18 heavy (non-hydrogen) atoms. The van der Waals surface area contributed by atoms with Gasteiger partial charge in [0.1, 0.15) is 10.6 Å². The molecule has 1 aromatic carbocycles. The summed E-state index contributed by atoms with van der Waals surface area (Å²) in [6.07, 6.45) is 1.91. The summed E-state index contributed by atoms with van der Waals surface area (Å²) in [5, 5.41) is 11.0. The van der Waals surface area contributed by atoms with E-state index in [0.717, 1.165) is 18.9 Å². The van der Waals surface area contributed by atoms with Gasteiger partial charge in [-0.25, -0.2) is 0 Å². The molecule has 0 amide bonds. The Balaban J connectivity index is 2.51. The van der Waals surface area contributed by atoms with E-state index in [1.807, 2.05) is 4.90 Å². The average Bonchev–Trinajstić information content (AvgIpc) is 2.80. The molecule has 0 unspecified atom stereocenters. The first-order valence-corrected chi connectivity index (χ1v) is 6.84. The van der Waals surface area contributed by atoms with Crippen molar-refractivity contribution in [2.45, 2.75) is 17.7 Å². The van der Waals surface area contributed by atoms with Crippen LogP contribution in [0.15, 0.2) is 23.1 Å². The summed E-state index contributed by atoms with van der Waals surface area (Å²) in [5.41, 5.74) is 0.0944. The van der Waals surface area contributed by atoms with Gasteiger partial charge in [0.2, 0.25) is 0 Å². The standard InChI is InChI=1S/C10H12N2O5S/c13-12(14)10-7-8(18(15,16)17)3-4-9(10)11-5-1-2-6-11/h3-4,7H,1-2,5-6H2,(H,15,16,17). The highest BCUT2D eigenvalue weighted by atomic mass is 32.2. The van der Waals surface area contributed by atoms with Gasteiger partial charge in [-0.3, -0.25) is 14.7 Å². The molecule has 0 radical (unpaired) electrons. The Morgan fingerprint density at radius 3 is 2.39 bits per heavy atom. The van der Waals surface area contributed by atoms with Crippen LogP contribution in [0.3, 0.4) is 0 Å². The van der Waals surface area contributed by atoms with Crippen molar-refractivity contribution in [1.82, 2.24) is 0 Å². The van der Waals surface area contributed by atoms with Crippen molar-refractivity contribution in [2.24, 2.45) is 0 Å². The second-order valence-corrected chi connectivity index (χ2v) is 5.50. The van der Waals surface area contributed by atoms with E-state index < -0.39 is 19.9 Å². The van der Waals surface area contributed by atoms with E-state index in [1.165, 1.54) is 12.1 Å². The number of nitro groups is 1. The summed E-state index contributed by atoms with van der Waals surface area (Å²) in [6.45, 7) is 1.43. The summed E-state index contributed by atoms with van der Waals surface area (Å²) in [4.78, 5) is 11.7. The van der Waals surface area contributed by atoms with Crippen molar-refractivity contribution >= 4 is 21.5 Å². The van der Waals surface area contributed by atoms with Gasteiger partial charge in [-0.05, 0) is 25.0 Å². The number of anilines is 1. The monoisotopic (exact) mass is 272 g/mol. The highest BCUT2D eigenvalue weighted by Gasteiger charge is 2.24. The van der Waals surface area contributed by atoms with Crippen LogP contribution < -0.4 is 4.90 Å². The molecule has 1 aromatic rings. The van der Waals surface area contributed by atoms with E-state index in [4.69, 9.17) is 4.55 Å². The number of nitro benzene ring substituents is 1. The fourth-order valence-corrected chi connectivity index (χ4v) is 2.54. The van der Waals surface area contributed by atoms with Crippen LogP contribution in [0.1, 0.15) is 12.8 Å². The van der Waals surface area contributed by atoms with E-state index in [2.05, 4.69) is 0 Å². The first kappa shape index (κ1) is 12.8. The molecule has 1 aliphatic heterocycles. The van der Waals surface area contributed by atoms with Crippen LogP contribution in [0.4, 0.5) is 11.4 Å². The maximum Gasteiger partial charge on any atom is 0.294 e. The predicted octanol–water partition coefficient (Wildman–Crippen LogP) is 1.44. The van der Waals surface area contributed by atoms with Gasteiger partial charge in [-0.1, -0.05) is 0 Å². The minimum absolute atomic E-state index is 0.299. The van der Waals surface area contributed by atoms with Crippen molar-refractivity contribution in [3.63, 3.8) is 0 Å². The molecule has 0 saturated carbocycles. The Bertz CT molecular complexity index is 578. The molecule has 0 atom stereocenters. The lowest BCUT2D eigenvalue weighted by molar-refractivity contribution is -0.384. The predicted molar refractivity (Wildman–Crippen MR) is 64.4 cm³/mol. The van der Waals surface area contributed by atoms with Gasteiger partial charge in [-0.2, -0.15) is 8.42 Å². The molecule has 7 nitrogen and oxygen atoms in total. The summed E-state index contributed by atoms with van der Waals surface area (Å²) >= 11 is 0. The molecule has 2 rings (SSSR count). The van der Waals surface area contributed by atoms with Crippen LogP contribution in [-0.4, -0.2) is 31.0 Å². The summed E-state index contributed by atoms with van der Waals surface area (Å²) in [7, 11) is -4.42. The Hall–Kier alpha value is -1.67. The molecule has 0 aliphatic carbocycles. The quantitative estimate of drug-likeness (QED) is 0.507. The van der Waals surface area contributed by atoms with Gasteiger partial charge in [-0.15, -0.1) is 0 Å². The molecule has 0 spiro atoms. The minimum Gasteiger partial charge on any atom is -0.366 e. The fourth-order valence-electron chi connectivity index (χ4n) is 2.04. The van der Waals surface area contributed by atoms with Gasteiger partial charge < -0.3 is 4.90 Å². The Morgan fingerprint density at radius 2 is 1.89 bits per heavy atom. The SMILES string of the molecule is O=[N+]([O-])c1cc(S(=O)(=O)O)ccc1N1CCCC1. The smallest absolute Gasteiger partial charge is 0.294 e. The highest BCUT2D eigenvalue weighted by Crippen LogP contribution is 2.32. The molecule has 0 aromatic heterocycles. The van der Waals surface area contributed by atoms with Gasteiger partial charge in [0.15, 0.2) is 0 Å². The molecule has 1 saturated heterocycles. The molecule has 98 valence electrons. The summed E-state index contributed by atoms with van der Waals surface area (Å²) in [6, 6.07) is 3.44. The van der Waals surface area contributed by atoms with E-state index in [9.17, 15) is 18.5 Å². The van der Waals surface area contributed by atoms with E-state index in [-0.39, 0.29) is 5.69 Å². The Morgan fingerprint density at radius 1 is 1.28 bits per heavy atom. The number of hydrogen-bond donors (Lipinski definition) is 1. The lowest BCUT2D eigenvalue weighted by Crippen LogP contribution is -2.19. The largest absolute Gasteiger partial charge is 0.366 e. The number of hydrogen-bond acceptors (Lipinski definition) is 5. The third-order valence-corrected chi connectivity index (χ3v) is 3.74. The second-order valence-electron chi connectivity index (χ2n) is 4.08. The third-order valence-electron chi connectivity index (χ3n) is 2.89.